The fraction of sp³-hybridized carbons (Fsp3) is 0.625. The van der Waals surface area contributed by atoms with Crippen LogP contribution >= 0.6 is 0 Å². The summed E-state index contributed by atoms with van der Waals surface area (Å²) in [7, 11) is 0. The third-order valence-electron chi connectivity index (χ3n) is 4.52. The predicted octanol–water partition coefficient (Wildman–Crippen LogP) is -0.843. The third kappa shape index (κ3) is 3.33. The molecule has 8 heteroatoms. The molecule has 1 aromatic heterocycles. The smallest absolute Gasteiger partial charge is 0.254 e. The SMILES string of the molecule is CCc1nc(C)c(CC(=O)N2C[C@H]3COC[C@@H](C2)C(=O)N3)c(=O)[nH]1. The largest absolute Gasteiger partial charge is 0.378 e. The molecule has 1 aromatic rings. The molecule has 2 aliphatic heterocycles. The Hall–Kier alpha value is -2.22. The number of nitrogens with zero attached hydrogens (tertiary/aromatic N) is 2. The quantitative estimate of drug-likeness (QED) is 0.750. The second kappa shape index (κ2) is 6.72. The molecule has 2 fully saturated rings. The van der Waals surface area contributed by atoms with Crippen LogP contribution in [0.5, 0.6) is 0 Å². The minimum atomic E-state index is -0.360. The molecule has 8 nitrogen and oxygen atoms in total. The maximum absolute atomic E-state index is 12.7. The Labute approximate surface area is 139 Å². The molecule has 3 heterocycles. The number of carbonyl (C=O) groups is 2. The van der Waals surface area contributed by atoms with Crippen LogP contribution in [-0.4, -0.2) is 59.0 Å². The van der Waals surface area contributed by atoms with Gasteiger partial charge in [-0.2, -0.15) is 0 Å². The van der Waals surface area contributed by atoms with E-state index in [1.54, 1.807) is 11.8 Å². The Kier molecular flexibility index (Phi) is 4.66. The first-order valence-electron chi connectivity index (χ1n) is 8.22. The van der Waals surface area contributed by atoms with E-state index in [4.69, 9.17) is 4.74 Å². The summed E-state index contributed by atoms with van der Waals surface area (Å²) in [4.78, 5) is 45.6. The van der Waals surface area contributed by atoms with Gasteiger partial charge in [0.05, 0.1) is 31.6 Å². The maximum atomic E-state index is 12.7. The first-order chi connectivity index (χ1) is 11.5. The standard InChI is InChI=1S/C16H22N4O4/c1-3-13-17-9(2)12(16(23)19-13)4-14(21)20-5-10-7-24-8-11(6-20)18-15(10)22/h10-11H,3-8H2,1-2H3,(H,18,22)(H,17,19,23)/t10-,11+/m1/s1. The van der Waals surface area contributed by atoms with Gasteiger partial charge in [0.25, 0.3) is 5.56 Å². The lowest BCUT2D eigenvalue weighted by Crippen LogP contribution is -2.45. The van der Waals surface area contributed by atoms with Crippen LogP contribution in [0.4, 0.5) is 0 Å². The first-order valence-corrected chi connectivity index (χ1v) is 8.22. The Morgan fingerprint density at radius 3 is 2.83 bits per heavy atom. The lowest BCUT2D eigenvalue weighted by atomic mass is 10.1. The van der Waals surface area contributed by atoms with Crippen molar-refractivity contribution < 1.29 is 14.3 Å². The number of amides is 2. The van der Waals surface area contributed by atoms with Crippen molar-refractivity contribution in [2.75, 3.05) is 26.3 Å². The van der Waals surface area contributed by atoms with Crippen LogP contribution in [0.1, 0.15) is 24.0 Å². The number of hydrogen-bond acceptors (Lipinski definition) is 5. The molecular formula is C16H22N4O4. The fourth-order valence-electron chi connectivity index (χ4n) is 3.14. The molecule has 2 saturated heterocycles. The van der Waals surface area contributed by atoms with E-state index in [1.165, 1.54) is 0 Å². The van der Waals surface area contributed by atoms with Crippen molar-refractivity contribution in [2.45, 2.75) is 32.7 Å². The van der Waals surface area contributed by atoms with Crippen molar-refractivity contribution in [1.29, 1.82) is 0 Å². The Morgan fingerprint density at radius 1 is 1.33 bits per heavy atom. The van der Waals surface area contributed by atoms with Gasteiger partial charge in [0, 0.05) is 30.8 Å². The minimum Gasteiger partial charge on any atom is -0.378 e. The second-order valence-corrected chi connectivity index (χ2v) is 6.35. The van der Waals surface area contributed by atoms with Crippen LogP contribution in [0.3, 0.4) is 0 Å². The first kappa shape index (κ1) is 16.6. The molecule has 0 aliphatic carbocycles. The number of aromatic amines is 1. The number of nitrogens with one attached hydrogen (secondary N) is 2. The molecule has 3 rings (SSSR count). The molecule has 0 saturated carbocycles. The van der Waals surface area contributed by atoms with Crippen LogP contribution in [0.2, 0.25) is 0 Å². The molecular weight excluding hydrogens is 312 g/mol. The Bertz CT molecular complexity index is 715. The molecule has 2 bridgehead atoms. The summed E-state index contributed by atoms with van der Waals surface area (Å²) in [6.07, 6.45) is 0.625. The molecule has 24 heavy (non-hydrogen) atoms. The van der Waals surface area contributed by atoms with Crippen LogP contribution in [0.25, 0.3) is 0 Å². The van der Waals surface area contributed by atoms with Gasteiger partial charge in [-0.1, -0.05) is 6.92 Å². The maximum Gasteiger partial charge on any atom is 0.254 e. The zero-order valence-electron chi connectivity index (χ0n) is 13.9. The van der Waals surface area contributed by atoms with E-state index >= 15 is 0 Å². The van der Waals surface area contributed by atoms with Crippen molar-refractivity contribution in [2.24, 2.45) is 5.92 Å². The van der Waals surface area contributed by atoms with Gasteiger partial charge in [-0.05, 0) is 6.92 Å². The van der Waals surface area contributed by atoms with E-state index in [2.05, 4.69) is 15.3 Å². The number of fused-ring (bicyclic) bond motifs is 3. The van der Waals surface area contributed by atoms with Crippen LogP contribution in [0, 0.1) is 12.8 Å². The summed E-state index contributed by atoms with van der Waals surface area (Å²) in [6, 6.07) is -0.200. The normalized spacial score (nSPS) is 23.6. The molecule has 0 aromatic carbocycles. The average Bonchev–Trinajstić information content (AvgIpc) is 2.78. The minimum absolute atomic E-state index is 0.00729. The Morgan fingerprint density at radius 2 is 2.12 bits per heavy atom. The zero-order valence-corrected chi connectivity index (χ0v) is 13.9. The van der Waals surface area contributed by atoms with Gasteiger partial charge in [0.1, 0.15) is 5.82 Å². The number of rotatable bonds is 3. The van der Waals surface area contributed by atoms with Crippen LogP contribution in [0.15, 0.2) is 4.79 Å². The monoisotopic (exact) mass is 334 g/mol. The number of carbonyl (C=O) groups excluding carboxylic acids is 2. The molecule has 130 valence electrons. The van der Waals surface area contributed by atoms with E-state index in [0.717, 1.165) is 0 Å². The van der Waals surface area contributed by atoms with E-state index in [-0.39, 0.29) is 35.8 Å². The molecule has 2 atom stereocenters. The number of aryl methyl sites for hydroxylation is 2. The summed E-state index contributed by atoms with van der Waals surface area (Å²) >= 11 is 0. The molecule has 2 aliphatic rings. The second-order valence-electron chi connectivity index (χ2n) is 6.35. The molecule has 0 unspecified atom stereocenters. The van der Waals surface area contributed by atoms with Crippen LogP contribution < -0.4 is 10.9 Å². The number of ether oxygens (including phenoxy) is 1. The topological polar surface area (TPSA) is 104 Å². The van der Waals surface area contributed by atoms with E-state index < -0.39 is 0 Å². The lowest BCUT2D eigenvalue weighted by molar-refractivity contribution is -0.133. The van der Waals surface area contributed by atoms with Crippen molar-refractivity contribution in [3.05, 3.63) is 27.4 Å². The Balaban J connectivity index is 1.78. The van der Waals surface area contributed by atoms with Crippen molar-refractivity contribution in [3.8, 4) is 0 Å². The van der Waals surface area contributed by atoms with Gasteiger partial charge >= 0.3 is 0 Å². The lowest BCUT2D eigenvalue weighted by Gasteiger charge is -2.27. The average molecular weight is 334 g/mol. The van der Waals surface area contributed by atoms with Crippen molar-refractivity contribution in [3.63, 3.8) is 0 Å². The van der Waals surface area contributed by atoms with Crippen LogP contribution in [-0.2, 0) is 27.2 Å². The summed E-state index contributed by atoms with van der Waals surface area (Å²) in [5.74, 6) is 0.0187. The molecule has 2 N–H and O–H groups in total. The third-order valence-corrected chi connectivity index (χ3v) is 4.52. The highest BCUT2D eigenvalue weighted by atomic mass is 16.5. The summed E-state index contributed by atoms with van der Waals surface area (Å²) in [5, 5.41) is 2.89. The van der Waals surface area contributed by atoms with Gasteiger partial charge in [0.2, 0.25) is 11.8 Å². The predicted molar refractivity (Wildman–Crippen MR) is 85.5 cm³/mol. The van der Waals surface area contributed by atoms with Gasteiger partial charge in [-0.15, -0.1) is 0 Å². The highest BCUT2D eigenvalue weighted by molar-refractivity contribution is 5.83. The molecule has 2 amide bonds. The summed E-state index contributed by atoms with van der Waals surface area (Å²) in [5.41, 5.74) is 0.707. The van der Waals surface area contributed by atoms with E-state index in [1.807, 2.05) is 6.92 Å². The van der Waals surface area contributed by atoms with E-state index in [9.17, 15) is 14.4 Å². The van der Waals surface area contributed by atoms with Gasteiger partial charge in [-0.3, -0.25) is 14.4 Å². The summed E-state index contributed by atoms with van der Waals surface area (Å²) in [6.45, 7) is 5.09. The molecule has 0 radical (unpaired) electrons. The number of aromatic nitrogens is 2. The van der Waals surface area contributed by atoms with Crippen molar-refractivity contribution in [1.82, 2.24) is 20.2 Å². The van der Waals surface area contributed by atoms with Gasteiger partial charge < -0.3 is 19.9 Å². The fourth-order valence-corrected chi connectivity index (χ4v) is 3.14. The summed E-state index contributed by atoms with van der Waals surface area (Å²) < 4.78 is 5.46. The van der Waals surface area contributed by atoms with Gasteiger partial charge in [0.15, 0.2) is 0 Å². The highest BCUT2D eigenvalue weighted by Crippen LogP contribution is 2.15. The number of hydrogen-bond donors (Lipinski definition) is 2. The highest BCUT2D eigenvalue weighted by Gasteiger charge is 2.35. The van der Waals surface area contributed by atoms with Gasteiger partial charge in [-0.25, -0.2) is 4.98 Å². The zero-order chi connectivity index (χ0) is 17.3. The number of H-pyrrole nitrogens is 1. The van der Waals surface area contributed by atoms with E-state index in [0.29, 0.717) is 49.8 Å². The molecule has 0 spiro atoms. The van der Waals surface area contributed by atoms with Crippen molar-refractivity contribution >= 4 is 11.8 Å².